The molecule has 0 aliphatic rings. The molecule has 0 aliphatic carbocycles. The summed E-state index contributed by atoms with van der Waals surface area (Å²) in [4.78, 5) is 11.7. The molecule has 1 atom stereocenters. The highest BCUT2D eigenvalue weighted by molar-refractivity contribution is 5.80. The van der Waals surface area contributed by atoms with Crippen LogP contribution in [0.5, 0.6) is 0 Å². The Morgan fingerprint density at radius 3 is 2.60 bits per heavy atom. The van der Waals surface area contributed by atoms with Crippen LogP contribution >= 0.6 is 0 Å². The first-order chi connectivity index (χ1) is 7.15. The number of carbonyl (C=O) groups is 1. The van der Waals surface area contributed by atoms with Crippen molar-refractivity contribution in [3.63, 3.8) is 0 Å². The van der Waals surface area contributed by atoms with Crippen molar-refractivity contribution >= 4 is 5.78 Å². The molecule has 0 saturated heterocycles. The van der Waals surface area contributed by atoms with Crippen LogP contribution in [0.2, 0.25) is 0 Å². The third-order valence-electron chi connectivity index (χ3n) is 3.06. The van der Waals surface area contributed by atoms with Crippen LogP contribution in [0.25, 0.3) is 0 Å². The molecule has 1 heteroatoms. The van der Waals surface area contributed by atoms with Crippen LogP contribution < -0.4 is 0 Å². The number of ketones is 1. The lowest BCUT2D eigenvalue weighted by Gasteiger charge is -2.08. The molecule has 0 fully saturated rings. The number of hydrogen-bond acceptors (Lipinski definition) is 1. The number of carbonyl (C=O) groups excluding carboxylic acids is 1. The zero-order valence-electron chi connectivity index (χ0n) is 9.92. The van der Waals surface area contributed by atoms with Gasteiger partial charge in [-0.2, -0.15) is 0 Å². The van der Waals surface area contributed by atoms with Crippen molar-refractivity contribution in [3.05, 3.63) is 35.4 Å². The van der Waals surface area contributed by atoms with Crippen LogP contribution in [0.4, 0.5) is 0 Å². The van der Waals surface area contributed by atoms with Gasteiger partial charge in [-0.25, -0.2) is 0 Å². The van der Waals surface area contributed by atoms with E-state index >= 15 is 0 Å². The molecule has 1 aromatic rings. The maximum Gasteiger partial charge on any atom is 0.136 e. The number of aryl methyl sites for hydroxylation is 2. The molecule has 1 nitrogen and oxygen atoms in total. The zero-order chi connectivity index (χ0) is 11.3. The summed E-state index contributed by atoms with van der Waals surface area (Å²) in [6, 6.07) is 8.29. The Kier molecular flexibility index (Phi) is 4.54. The first-order valence-corrected chi connectivity index (χ1v) is 5.72. The first-order valence-electron chi connectivity index (χ1n) is 5.72. The van der Waals surface area contributed by atoms with E-state index in [1.54, 1.807) is 0 Å². The van der Waals surface area contributed by atoms with E-state index in [9.17, 15) is 4.79 Å². The van der Waals surface area contributed by atoms with Gasteiger partial charge in [0.15, 0.2) is 0 Å². The molecule has 0 amide bonds. The van der Waals surface area contributed by atoms with Crippen molar-refractivity contribution in [1.29, 1.82) is 0 Å². The Balaban J connectivity index is 2.51. The molecule has 82 valence electrons. The van der Waals surface area contributed by atoms with E-state index in [1.165, 1.54) is 11.1 Å². The van der Waals surface area contributed by atoms with Crippen molar-refractivity contribution in [2.24, 2.45) is 5.92 Å². The number of benzene rings is 1. The molecule has 1 rings (SSSR count). The molecule has 0 aliphatic heterocycles. The normalized spacial score (nSPS) is 12.5. The first kappa shape index (κ1) is 12.0. The summed E-state index contributed by atoms with van der Waals surface area (Å²) in [5.74, 6) is 0.606. The van der Waals surface area contributed by atoms with Crippen LogP contribution in [-0.4, -0.2) is 5.78 Å². The second-order valence-corrected chi connectivity index (χ2v) is 4.20. The van der Waals surface area contributed by atoms with Crippen LogP contribution in [0.1, 0.15) is 37.8 Å². The van der Waals surface area contributed by atoms with Gasteiger partial charge in [-0.1, -0.05) is 38.1 Å². The molecular formula is C14H20O. The molecule has 0 aromatic heterocycles. The van der Waals surface area contributed by atoms with Gasteiger partial charge >= 0.3 is 0 Å². The van der Waals surface area contributed by atoms with Gasteiger partial charge in [0.1, 0.15) is 5.78 Å². The molecule has 0 N–H and O–H groups in total. The average molecular weight is 204 g/mol. The van der Waals surface area contributed by atoms with Gasteiger partial charge in [0.25, 0.3) is 0 Å². The molecule has 1 aromatic carbocycles. The molecule has 0 radical (unpaired) electrons. The highest BCUT2D eigenvalue weighted by Crippen LogP contribution is 2.12. The summed E-state index contributed by atoms with van der Waals surface area (Å²) in [5.41, 5.74) is 2.59. The topological polar surface area (TPSA) is 17.1 Å². The highest BCUT2D eigenvalue weighted by atomic mass is 16.1. The number of Topliss-reactive ketones (excluding diaryl/α,β-unsaturated/α-hetero) is 1. The third kappa shape index (κ3) is 3.50. The second-order valence-electron chi connectivity index (χ2n) is 4.20. The monoisotopic (exact) mass is 204 g/mol. The number of hydrogen-bond donors (Lipinski definition) is 0. The molecule has 0 heterocycles. The van der Waals surface area contributed by atoms with Gasteiger partial charge < -0.3 is 0 Å². The largest absolute Gasteiger partial charge is 0.299 e. The SMILES string of the molecule is CCC(C)C(=O)CCc1ccccc1C. The summed E-state index contributed by atoms with van der Waals surface area (Å²) in [6.45, 7) is 6.18. The number of rotatable bonds is 5. The molecule has 1 unspecified atom stereocenters. The van der Waals surface area contributed by atoms with Crippen LogP contribution in [0.3, 0.4) is 0 Å². The summed E-state index contributed by atoms with van der Waals surface area (Å²) in [7, 11) is 0. The van der Waals surface area contributed by atoms with Crippen molar-refractivity contribution in [2.45, 2.75) is 40.0 Å². The summed E-state index contributed by atoms with van der Waals surface area (Å²) >= 11 is 0. The maximum atomic E-state index is 11.7. The van der Waals surface area contributed by atoms with Crippen molar-refractivity contribution in [1.82, 2.24) is 0 Å². The van der Waals surface area contributed by atoms with Gasteiger partial charge in [-0.3, -0.25) is 4.79 Å². The smallest absolute Gasteiger partial charge is 0.136 e. The fraction of sp³-hybridized carbons (Fsp3) is 0.500. The Labute approximate surface area is 92.5 Å². The fourth-order valence-corrected chi connectivity index (χ4v) is 1.62. The molecule has 0 bridgehead atoms. The van der Waals surface area contributed by atoms with Gasteiger partial charge in [0.2, 0.25) is 0 Å². The Hall–Kier alpha value is -1.11. The third-order valence-corrected chi connectivity index (χ3v) is 3.06. The van der Waals surface area contributed by atoms with Gasteiger partial charge in [0, 0.05) is 12.3 Å². The van der Waals surface area contributed by atoms with E-state index in [-0.39, 0.29) is 5.92 Å². The predicted molar refractivity (Wildman–Crippen MR) is 64.0 cm³/mol. The van der Waals surface area contributed by atoms with E-state index in [1.807, 2.05) is 19.1 Å². The fourth-order valence-electron chi connectivity index (χ4n) is 1.62. The maximum absolute atomic E-state index is 11.7. The molecular weight excluding hydrogens is 184 g/mol. The lowest BCUT2D eigenvalue weighted by atomic mass is 9.96. The van der Waals surface area contributed by atoms with Crippen LogP contribution in [0, 0.1) is 12.8 Å². The quantitative estimate of drug-likeness (QED) is 0.717. The Morgan fingerprint density at radius 1 is 1.33 bits per heavy atom. The Bertz CT molecular complexity index is 328. The van der Waals surface area contributed by atoms with Crippen molar-refractivity contribution in [2.75, 3.05) is 0 Å². The minimum atomic E-state index is 0.217. The second kappa shape index (κ2) is 5.69. The van der Waals surface area contributed by atoms with Crippen molar-refractivity contribution in [3.8, 4) is 0 Å². The van der Waals surface area contributed by atoms with Gasteiger partial charge in [-0.05, 0) is 30.9 Å². The summed E-state index contributed by atoms with van der Waals surface area (Å²) in [6.07, 6.45) is 2.52. The minimum absolute atomic E-state index is 0.217. The zero-order valence-corrected chi connectivity index (χ0v) is 9.92. The Morgan fingerprint density at radius 2 is 2.00 bits per heavy atom. The van der Waals surface area contributed by atoms with E-state index in [0.717, 1.165) is 12.8 Å². The van der Waals surface area contributed by atoms with E-state index < -0.39 is 0 Å². The van der Waals surface area contributed by atoms with Crippen LogP contribution in [0.15, 0.2) is 24.3 Å². The van der Waals surface area contributed by atoms with E-state index in [0.29, 0.717) is 12.2 Å². The highest BCUT2D eigenvalue weighted by Gasteiger charge is 2.10. The van der Waals surface area contributed by atoms with Gasteiger partial charge in [0.05, 0.1) is 0 Å². The van der Waals surface area contributed by atoms with Crippen molar-refractivity contribution < 1.29 is 4.79 Å². The molecule has 15 heavy (non-hydrogen) atoms. The minimum Gasteiger partial charge on any atom is -0.299 e. The molecule has 0 spiro atoms. The average Bonchev–Trinajstić information content (AvgIpc) is 2.26. The van der Waals surface area contributed by atoms with Gasteiger partial charge in [-0.15, -0.1) is 0 Å². The molecule has 0 saturated carbocycles. The summed E-state index contributed by atoms with van der Waals surface area (Å²) < 4.78 is 0. The van der Waals surface area contributed by atoms with E-state index in [4.69, 9.17) is 0 Å². The predicted octanol–water partition coefficient (Wildman–Crippen LogP) is 3.54. The van der Waals surface area contributed by atoms with Crippen LogP contribution in [-0.2, 0) is 11.2 Å². The standard InChI is InChI=1S/C14H20O/c1-4-11(2)14(15)10-9-13-8-6-5-7-12(13)3/h5-8,11H,4,9-10H2,1-3H3. The lowest BCUT2D eigenvalue weighted by Crippen LogP contribution is -2.10. The lowest BCUT2D eigenvalue weighted by molar-refractivity contribution is -0.122. The summed E-state index contributed by atoms with van der Waals surface area (Å²) in [5, 5.41) is 0. The van der Waals surface area contributed by atoms with E-state index in [2.05, 4.69) is 26.0 Å².